The third kappa shape index (κ3) is 3.09. The van der Waals surface area contributed by atoms with Gasteiger partial charge in [-0.25, -0.2) is 0 Å². The van der Waals surface area contributed by atoms with Crippen LogP contribution in [0.1, 0.15) is 12.0 Å². The molecule has 1 N–H and O–H groups in total. The molecule has 0 amide bonds. The molecule has 4 nitrogen and oxygen atoms in total. The van der Waals surface area contributed by atoms with Gasteiger partial charge < -0.3 is 5.32 Å². The molecule has 1 aromatic carbocycles. The highest BCUT2D eigenvalue weighted by Crippen LogP contribution is 2.12. The molecule has 2 saturated heterocycles. The molecule has 2 heterocycles. The number of benzene rings is 1. The summed E-state index contributed by atoms with van der Waals surface area (Å²) in [7, 11) is 0. The fourth-order valence-electron chi connectivity index (χ4n) is 2.84. The first-order chi connectivity index (χ1) is 8.90. The molecule has 0 saturated carbocycles. The van der Waals surface area contributed by atoms with E-state index >= 15 is 0 Å². The predicted molar refractivity (Wildman–Crippen MR) is 72.6 cm³/mol. The molecule has 0 aliphatic carbocycles. The third-order valence-corrected chi connectivity index (χ3v) is 3.66. The van der Waals surface area contributed by atoms with Crippen molar-refractivity contribution in [3.8, 4) is 0 Å². The summed E-state index contributed by atoms with van der Waals surface area (Å²) in [5, 5.41) is 3.53. The first kappa shape index (κ1) is 12.1. The molecule has 0 aromatic heterocycles. The van der Waals surface area contributed by atoms with Gasteiger partial charge in [0.05, 0.1) is 26.7 Å². The Morgan fingerprint density at radius 3 is 2.39 bits per heavy atom. The number of nitrogens with one attached hydrogen (secondary N) is 1. The fourth-order valence-corrected chi connectivity index (χ4v) is 2.84. The van der Waals surface area contributed by atoms with E-state index in [2.05, 4.69) is 50.3 Å². The van der Waals surface area contributed by atoms with E-state index in [-0.39, 0.29) is 0 Å². The SMILES string of the molecule is c1ccc(CNCN2CN3CCCN(C3)C2)cc1. The van der Waals surface area contributed by atoms with Gasteiger partial charge in [0.25, 0.3) is 0 Å². The van der Waals surface area contributed by atoms with Crippen LogP contribution in [0, 0.1) is 0 Å². The quantitative estimate of drug-likeness (QED) is 0.853. The Bertz CT molecular complexity index is 355. The van der Waals surface area contributed by atoms with Crippen molar-refractivity contribution in [2.75, 3.05) is 39.8 Å². The second-order valence-corrected chi connectivity index (χ2v) is 5.31. The summed E-state index contributed by atoms with van der Waals surface area (Å²) in [6, 6.07) is 10.6. The second-order valence-electron chi connectivity index (χ2n) is 5.31. The van der Waals surface area contributed by atoms with Crippen LogP contribution >= 0.6 is 0 Å². The van der Waals surface area contributed by atoms with Gasteiger partial charge in [0.15, 0.2) is 0 Å². The van der Waals surface area contributed by atoms with Crippen LogP contribution < -0.4 is 5.32 Å². The Morgan fingerprint density at radius 1 is 0.944 bits per heavy atom. The summed E-state index contributed by atoms with van der Waals surface area (Å²) in [5.41, 5.74) is 1.36. The topological polar surface area (TPSA) is 21.8 Å². The molecule has 2 fully saturated rings. The highest BCUT2D eigenvalue weighted by Gasteiger charge is 2.25. The average molecular weight is 246 g/mol. The van der Waals surface area contributed by atoms with Crippen molar-refractivity contribution in [3.63, 3.8) is 0 Å². The molecule has 4 heteroatoms. The Morgan fingerprint density at radius 2 is 1.67 bits per heavy atom. The number of hydrogen-bond donors (Lipinski definition) is 1. The molecule has 2 aliphatic heterocycles. The molecule has 2 atom stereocenters. The maximum absolute atomic E-state index is 3.53. The highest BCUT2D eigenvalue weighted by molar-refractivity contribution is 5.14. The molecule has 2 aliphatic rings. The van der Waals surface area contributed by atoms with Crippen molar-refractivity contribution in [2.24, 2.45) is 0 Å². The highest BCUT2D eigenvalue weighted by atomic mass is 15.5. The number of rotatable bonds is 4. The minimum Gasteiger partial charge on any atom is -0.300 e. The van der Waals surface area contributed by atoms with E-state index in [4.69, 9.17) is 0 Å². The molecule has 2 unspecified atom stereocenters. The Kier molecular flexibility index (Phi) is 3.90. The first-order valence-corrected chi connectivity index (χ1v) is 6.82. The lowest BCUT2D eigenvalue weighted by molar-refractivity contribution is -0.0584. The van der Waals surface area contributed by atoms with E-state index in [1.807, 2.05) is 0 Å². The van der Waals surface area contributed by atoms with Crippen LogP contribution in [0.15, 0.2) is 30.3 Å². The molecule has 1 aromatic rings. The van der Waals surface area contributed by atoms with Gasteiger partial charge in [-0.05, 0) is 12.0 Å². The van der Waals surface area contributed by atoms with Crippen LogP contribution in [-0.4, -0.2) is 54.5 Å². The lowest BCUT2D eigenvalue weighted by Crippen LogP contribution is -2.59. The monoisotopic (exact) mass is 246 g/mol. The lowest BCUT2D eigenvalue weighted by atomic mass is 10.2. The van der Waals surface area contributed by atoms with E-state index in [1.165, 1.54) is 25.1 Å². The normalized spacial score (nSPS) is 28.2. The van der Waals surface area contributed by atoms with Crippen LogP contribution in [-0.2, 0) is 6.54 Å². The largest absolute Gasteiger partial charge is 0.300 e. The number of fused-ring (bicyclic) bond motifs is 2. The zero-order valence-corrected chi connectivity index (χ0v) is 10.9. The van der Waals surface area contributed by atoms with Crippen LogP contribution in [0.25, 0.3) is 0 Å². The molecular weight excluding hydrogens is 224 g/mol. The zero-order chi connectivity index (χ0) is 12.2. The van der Waals surface area contributed by atoms with E-state index in [0.717, 1.165) is 33.2 Å². The van der Waals surface area contributed by atoms with Crippen LogP contribution in [0.3, 0.4) is 0 Å². The van der Waals surface area contributed by atoms with Gasteiger partial charge in [-0.2, -0.15) is 0 Å². The Labute approximate surface area is 109 Å². The molecule has 2 bridgehead atoms. The standard InChI is InChI=1S/C14H22N4/c1-2-5-14(6-3-1)9-15-10-18-12-16-7-4-8-17(11-16)13-18/h1-3,5-6,15H,4,7-13H2. The molecule has 0 radical (unpaired) electrons. The zero-order valence-electron chi connectivity index (χ0n) is 10.9. The molecule has 18 heavy (non-hydrogen) atoms. The minimum atomic E-state index is 0.956. The van der Waals surface area contributed by atoms with Crippen molar-refractivity contribution in [1.82, 2.24) is 20.0 Å². The van der Waals surface area contributed by atoms with Crippen LogP contribution in [0.4, 0.5) is 0 Å². The molecular formula is C14H22N4. The Balaban J connectivity index is 1.43. The third-order valence-electron chi connectivity index (χ3n) is 3.66. The summed E-state index contributed by atoms with van der Waals surface area (Å²) < 4.78 is 0. The van der Waals surface area contributed by atoms with Crippen molar-refractivity contribution >= 4 is 0 Å². The smallest absolute Gasteiger partial charge is 0.0542 e. The summed E-state index contributed by atoms with van der Waals surface area (Å²) in [4.78, 5) is 7.53. The molecule has 3 rings (SSSR count). The summed E-state index contributed by atoms with van der Waals surface area (Å²) in [6.07, 6.45) is 1.32. The van der Waals surface area contributed by atoms with Crippen molar-refractivity contribution in [1.29, 1.82) is 0 Å². The summed E-state index contributed by atoms with van der Waals surface area (Å²) in [6.45, 7) is 7.82. The van der Waals surface area contributed by atoms with Crippen molar-refractivity contribution < 1.29 is 0 Å². The Hall–Kier alpha value is -0.940. The van der Waals surface area contributed by atoms with Gasteiger partial charge in [-0.3, -0.25) is 14.7 Å². The summed E-state index contributed by atoms with van der Waals surface area (Å²) >= 11 is 0. The number of nitrogens with zero attached hydrogens (tertiary/aromatic N) is 3. The average Bonchev–Trinajstić information content (AvgIpc) is 2.40. The van der Waals surface area contributed by atoms with Gasteiger partial charge in [0.1, 0.15) is 0 Å². The number of hydrogen-bond acceptors (Lipinski definition) is 4. The van der Waals surface area contributed by atoms with E-state index in [9.17, 15) is 0 Å². The summed E-state index contributed by atoms with van der Waals surface area (Å²) in [5.74, 6) is 0. The van der Waals surface area contributed by atoms with E-state index in [0.29, 0.717) is 0 Å². The second kappa shape index (κ2) is 5.80. The maximum Gasteiger partial charge on any atom is 0.0542 e. The van der Waals surface area contributed by atoms with Crippen molar-refractivity contribution in [3.05, 3.63) is 35.9 Å². The molecule has 0 spiro atoms. The lowest BCUT2D eigenvalue weighted by Gasteiger charge is -2.45. The van der Waals surface area contributed by atoms with Crippen LogP contribution in [0.2, 0.25) is 0 Å². The van der Waals surface area contributed by atoms with Crippen molar-refractivity contribution in [2.45, 2.75) is 13.0 Å². The minimum absolute atomic E-state index is 0.956. The predicted octanol–water partition coefficient (Wildman–Crippen LogP) is 0.929. The van der Waals surface area contributed by atoms with Crippen LogP contribution in [0.5, 0.6) is 0 Å². The fraction of sp³-hybridized carbons (Fsp3) is 0.571. The van der Waals surface area contributed by atoms with Gasteiger partial charge >= 0.3 is 0 Å². The maximum atomic E-state index is 3.53. The van der Waals surface area contributed by atoms with E-state index < -0.39 is 0 Å². The van der Waals surface area contributed by atoms with Gasteiger partial charge in [-0.1, -0.05) is 30.3 Å². The van der Waals surface area contributed by atoms with Gasteiger partial charge in [0, 0.05) is 19.6 Å². The van der Waals surface area contributed by atoms with E-state index in [1.54, 1.807) is 0 Å². The molecule has 98 valence electrons. The first-order valence-electron chi connectivity index (χ1n) is 6.82. The van der Waals surface area contributed by atoms with Gasteiger partial charge in [0.2, 0.25) is 0 Å². The van der Waals surface area contributed by atoms with Gasteiger partial charge in [-0.15, -0.1) is 0 Å².